The molecule has 0 aliphatic carbocycles. The number of hydrogen-bond acceptors (Lipinski definition) is 3. The lowest BCUT2D eigenvalue weighted by Gasteiger charge is -2.10. The number of aromatic nitrogens is 2. The Labute approximate surface area is 128 Å². The van der Waals surface area contributed by atoms with E-state index < -0.39 is 0 Å². The first-order valence-corrected chi connectivity index (χ1v) is 7.50. The van der Waals surface area contributed by atoms with Crippen molar-refractivity contribution in [1.82, 2.24) is 9.97 Å². The molecular formula is C15H18IN3. The zero-order valence-electron chi connectivity index (χ0n) is 11.5. The molecular weight excluding hydrogens is 349 g/mol. The number of nitrogens with zero attached hydrogens (tertiary/aromatic N) is 2. The van der Waals surface area contributed by atoms with Crippen molar-refractivity contribution in [1.29, 1.82) is 0 Å². The van der Waals surface area contributed by atoms with Gasteiger partial charge < -0.3 is 5.32 Å². The van der Waals surface area contributed by atoms with Crippen molar-refractivity contribution in [2.45, 2.75) is 27.2 Å². The van der Waals surface area contributed by atoms with E-state index in [2.05, 4.69) is 76.0 Å². The van der Waals surface area contributed by atoms with E-state index in [9.17, 15) is 0 Å². The molecule has 0 saturated carbocycles. The molecule has 1 heterocycles. The number of nitrogens with one attached hydrogen (secondary N) is 1. The van der Waals surface area contributed by atoms with Crippen LogP contribution in [0, 0.1) is 17.4 Å². The van der Waals surface area contributed by atoms with Gasteiger partial charge in [-0.1, -0.05) is 29.8 Å². The van der Waals surface area contributed by atoms with Crippen LogP contribution in [-0.4, -0.2) is 16.5 Å². The average molecular weight is 367 g/mol. The van der Waals surface area contributed by atoms with Gasteiger partial charge >= 0.3 is 0 Å². The highest BCUT2D eigenvalue weighted by Crippen LogP contribution is 2.19. The van der Waals surface area contributed by atoms with Crippen molar-refractivity contribution in [3.63, 3.8) is 0 Å². The molecule has 0 spiro atoms. The van der Waals surface area contributed by atoms with Gasteiger partial charge in [0.25, 0.3) is 0 Å². The number of hydrogen-bond donors (Lipinski definition) is 1. The molecule has 2 aromatic rings. The third-order valence-corrected chi connectivity index (χ3v) is 4.14. The number of halogens is 1. The maximum atomic E-state index is 4.62. The summed E-state index contributed by atoms with van der Waals surface area (Å²) in [5.74, 6) is 1.82. The number of benzene rings is 1. The molecule has 1 aromatic heterocycles. The van der Waals surface area contributed by atoms with Crippen LogP contribution in [0.2, 0.25) is 0 Å². The largest absolute Gasteiger partial charge is 0.369 e. The zero-order chi connectivity index (χ0) is 13.8. The first kappa shape index (κ1) is 14.2. The average Bonchev–Trinajstić information content (AvgIpc) is 2.35. The third-order valence-electron chi connectivity index (χ3n) is 2.85. The highest BCUT2D eigenvalue weighted by Gasteiger charge is 2.09. The molecule has 0 aliphatic rings. The van der Waals surface area contributed by atoms with Crippen LogP contribution < -0.4 is 5.32 Å². The predicted octanol–water partition coefficient (Wildman–Crippen LogP) is 3.72. The van der Waals surface area contributed by atoms with Crippen molar-refractivity contribution >= 4 is 28.4 Å². The second-order valence-electron chi connectivity index (χ2n) is 4.58. The van der Waals surface area contributed by atoms with Crippen LogP contribution in [0.15, 0.2) is 24.3 Å². The maximum absolute atomic E-state index is 4.62. The summed E-state index contributed by atoms with van der Waals surface area (Å²) in [5.41, 5.74) is 3.56. The Morgan fingerprint density at radius 1 is 1.21 bits per heavy atom. The number of rotatable bonds is 4. The summed E-state index contributed by atoms with van der Waals surface area (Å²) in [6.07, 6.45) is 0.776. The summed E-state index contributed by atoms with van der Waals surface area (Å²) in [6.45, 7) is 7.09. The SMILES string of the molecule is CCNc1nc(Cc2cccc(C)c2)nc(C)c1I. The molecule has 0 amide bonds. The van der Waals surface area contributed by atoms with E-state index in [0.29, 0.717) is 0 Å². The Balaban J connectivity index is 2.30. The Morgan fingerprint density at radius 3 is 2.68 bits per heavy atom. The predicted molar refractivity (Wildman–Crippen MR) is 87.6 cm³/mol. The van der Waals surface area contributed by atoms with Crippen LogP contribution >= 0.6 is 22.6 Å². The highest BCUT2D eigenvalue weighted by atomic mass is 127. The maximum Gasteiger partial charge on any atom is 0.143 e. The molecule has 0 saturated heterocycles. The van der Waals surface area contributed by atoms with Gasteiger partial charge in [0.05, 0.1) is 9.26 Å². The number of anilines is 1. The Bertz CT molecular complexity index is 582. The van der Waals surface area contributed by atoms with Gasteiger partial charge in [-0.05, 0) is 48.9 Å². The topological polar surface area (TPSA) is 37.8 Å². The summed E-state index contributed by atoms with van der Waals surface area (Å²) >= 11 is 2.29. The number of aryl methyl sites for hydroxylation is 2. The standard InChI is InChI=1S/C15H18IN3/c1-4-17-15-14(16)11(3)18-13(19-15)9-12-7-5-6-10(2)8-12/h5-8H,4,9H2,1-3H3,(H,17,18,19). The van der Waals surface area contributed by atoms with Crippen LogP contribution in [-0.2, 0) is 6.42 Å². The molecule has 3 nitrogen and oxygen atoms in total. The first-order valence-electron chi connectivity index (χ1n) is 6.42. The van der Waals surface area contributed by atoms with Crippen LogP contribution in [0.4, 0.5) is 5.82 Å². The monoisotopic (exact) mass is 367 g/mol. The molecule has 0 fully saturated rings. The first-order chi connectivity index (χ1) is 9.10. The van der Waals surface area contributed by atoms with E-state index in [-0.39, 0.29) is 0 Å². The van der Waals surface area contributed by atoms with Gasteiger partial charge in [-0.2, -0.15) is 0 Å². The second kappa shape index (κ2) is 6.32. The van der Waals surface area contributed by atoms with E-state index in [0.717, 1.165) is 33.9 Å². The Morgan fingerprint density at radius 2 is 2.00 bits per heavy atom. The van der Waals surface area contributed by atoms with Crippen molar-refractivity contribution in [3.8, 4) is 0 Å². The lowest BCUT2D eigenvalue weighted by Crippen LogP contribution is -2.08. The molecule has 100 valence electrons. The second-order valence-corrected chi connectivity index (χ2v) is 5.66. The van der Waals surface area contributed by atoms with Crippen molar-refractivity contribution in [2.24, 2.45) is 0 Å². The normalized spacial score (nSPS) is 10.5. The fourth-order valence-electron chi connectivity index (χ4n) is 1.99. The molecule has 0 aliphatic heterocycles. The molecule has 0 bridgehead atoms. The molecule has 4 heteroatoms. The molecule has 19 heavy (non-hydrogen) atoms. The van der Waals surface area contributed by atoms with Crippen molar-refractivity contribution < 1.29 is 0 Å². The summed E-state index contributed by atoms with van der Waals surface area (Å²) in [5, 5.41) is 3.30. The third kappa shape index (κ3) is 3.65. The van der Waals surface area contributed by atoms with E-state index in [1.165, 1.54) is 11.1 Å². The van der Waals surface area contributed by atoms with Gasteiger partial charge in [0.1, 0.15) is 11.6 Å². The van der Waals surface area contributed by atoms with E-state index in [4.69, 9.17) is 0 Å². The zero-order valence-corrected chi connectivity index (χ0v) is 13.7. The summed E-state index contributed by atoms with van der Waals surface area (Å²) in [6, 6.07) is 8.49. The summed E-state index contributed by atoms with van der Waals surface area (Å²) in [4.78, 5) is 9.20. The van der Waals surface area contributed by atoms with Gasteiger partial charge in [-0.3, -0.25) is 0 Å². The molecule has 1 aromatic carbocycles. The van der Waals surface area contributed by atoms with E-state index in [1.807, 2.05) is 6.92 Å². The smallest absolute Gasteiger partial charge is 0.143 e. The lowest BCUT2D eigenvalue weighted by molar-refractivity contribution is 0.928. The van der Waals surface area contributed by atoms with Crippen LogP contribution in [0.3, 0.4) is 0 Å². The fourth-order valence-corrected chi connectivity index (χ4v) is 2.42. The van der Waals surface area contributed by atoms with E-state index >= 15 is 0 Å². The Kier molecular flexibility index (Phi) is 4.74. The van der Waals surface area contributed by atoms with Crippen molar-refractivity contribution in [3.05, 3.63) is 50.5 Å². The minimum absolute atomic E-state index is 0.776. The van der Waals surface area contributed by atoms with Gasteiger partial charge in [-0.15, -0.1) is 0 Å². The summed E-state index contributed by atoms with van der Waals surface area (Å²) < 4.78 is 1.10. The molecule has 2 rings (SSSR count). The quantitative estimate of drug-likeness (QED) is 0.837. The minimum Gasteiger partial charge on any atom is -0.369 e. The van der Waals surface area contributed by atoms with Crippen LogP contribution in [0.5, 0.6) is 0 Å². The summed E-state index contributed by atoms with van der Waals surface area (Å²) in [7, 11) is 0. The van der Waals surface area contributed by atoms with E-state index in [1.54, 1.807) is 0 Å². The van der Waals surface area contributed by atoms with Crippen LogP contribution in [0.25, 0.3) is 0 Å². The molecule has 1 N–H and O–H groups in total. The fraction of sp³-hybridized carbons (Fsp3) is 0.333. The van der Waals surface area contributed by atoms with Crippen LogP contribution in [0.1, 0.15) is 29.6 Å². The molecule has 0 unspecified atom stereocenters. The van der Waals surface area contributed by atoms with Crippen molar-refractivity contribution in [2.75, 3.05) is 11.9 Å². The van der Waals surface area contributed by atoms with Gasteiger partial charge in [0.15, 0.2) is 0 Å². The highest BCUT2D eigenvalue weighted by molar-refractivity contribution is 14.1. The van der Waals surface area contributed by atoms with Gasteiger partial charge in [0, 0.05) is 13.0 Å². The Hall–Kier alpha value is -1.17. The van der Waals surface area contributed by atoms with Gasteiger partial charge in [0.2, 0.25) is 0 Å². The molecule has 0 atom stereocenters. The minimum atomic E-state index is 0.776. The van der Waals surface area contributed by atoms with Gasteiger partial charge in [-0.25, -0.2) is 9.97 Å². The molecule has 0 radical (unpaired) electrons. The lowest BCUT2D eigenvalue weighted by atomic mass is 10.1.